The number of halogens is 2. The molecule has 1 fully saturated rings. The first-order chi connectivity index (χ1) is 19.9. The second kappa shape index (κ2) is 14.5. The molecule has 5 rings (SSSR count). The Bertz CT molecular complexity index is 1560. The highest BCUT2D eigenvalue weighted by Crippen LogP contribution is 2.20. The summed E-state index contributed by atoms with van der Waals surface area (Å²) >= 11 is 5.93. The van der Waals surface area contributed by atoms with Gasteiger partial charge >= 0.3 is 0 Å². The molecule has 0 radical (unpaired) electrons. The third kappa shape index (κ3) is 8.56. The number of benzene rings is 3. The highest BCUT2D eigenvalue weighted by atomic mass is 35.5. The van der Waals surface area contributed by atoms with E-state index in [2.05, 4.69) is 20.3 Å². The maximum Gasteiger partial charge on any atom is 0.270 e. The summed E-state index contributed by atoms with van der Waals surface area (Å²) in [4.78, 5) is 39.0. The van der Waals surface area contributed by atoms with E-state index in [1.165, 1.54) is 12.1 Å². The SMILES string of the molecule is Cl.O=C(Cc1ccc(Cl)cc1)Cc1ccc(Nc2nc(/C=C/c3cccc([N+](=O)[O-])c3)nc(N3CCOCC3)n2)cc1. The number of hydrogen-bond acceptors (Lipinski definition) is 9. The molecule has 0 amide bonds. The monoisotopic (exact) mass is 606 g/mol. The number of nitro benzene ring substituents is 1. The molecule has 10 nitrogen and oxygen atoms in total. The van der Waals surface area contributed by atoms with Crippen molar-refractivity contribution in [1.82, 2.24) is 15.0 Å². The minimum absolute atomic E-state index is 0. The van der Waals surface area contributed by atoms with Crippen LogP contribution in [-0.4, -0.2) is 52.0 Å². The fourth-order valence-electron chi connectivity index (χ4n) is 4.28. The van der Waals surface area contributed by atoms with Crippen LogP contribution in [0.3, 0.4) is 0 Å². The number of morpholine rings is 1. The lowest BCUT2D eigenvalue weighted by atomic mass is 10.0. The molecule has 0 aliphatic carbocycles. The lowest BCUT2D eigenvalue weighted by Gasteiger charge is -2.27. The summed E-state index contributed by atoms with van der Waals surface area (Å²) in [5.74, 6) is 1.38. The Morgan fingerprint density at radius 2 is 1.62 bits per heavy atom. The van der Waals surface area contributed by atoms with Crippen LogP contribution in [0, 0.1) is 10.1 Å². The van der Waals surface area contributed by atoms with Gasteiger partial charge in [0.25, 0.3) is 5.69 Å². The largest absolute Gasteiger partial charge is 0.378 e. The number of aromatic nitrogens is 3. The molecule has 4 aromatic rings. The molecule has 1 aliphatic rings. The number of non-ortho nitro benzene ring substituents is 1. The van der Waals surface area contributed by atoms with Crippen molar-refractivity contribution in [2.24, 2.45) is 0 Å². The van der Waals surface area contributed by atoms with Gasteiger partial charge in [0.05, 0.1) is 18.1 Å². The van der Waals surface area contributed by atoms with Crippen molar-refractivity contribution in [3.8, 4) is 0 Å². The number of carbonyl (C=O) groups is 1. The van der Waals surface area contributed by atoms with E-state index in [1.54, 1.807) is 36.4 Å². The van der Waals surface area contributed by atoms with E-state index in [0.717, 1.165) is 16.8 Å². The number of ether oxygens (including phenoxy) is 1. The van der Waals surface area contributed by atoms with Crippen LogP contribution in [0.1, 0.15) is 22.5 Å². The van der Waals surface area contributed by atoms with Crippen LogP contribution < -0.4 is 10.2 Å². The Balaban J connectivity index is 0.00000405. The third-order valence-electron chi connectivity index (χ3n) is 6.37. The van der Waals surface area contributed by atoms with Crippen LogP contribution in [0.25, 0.3) is 12.2 Å². The van der Waals surface area contributed by atoms with Crippen LogP contribution in [0.4, 0.5) is 23.3 Å². The van der Waals surface area contributed by atoms with Crippen LogP contribution in [0.5, 0.6) is 0 Å². The smallest absolute Gasteiger partial charge is 0.270 e. The number of rotatable bonds is 10. The zero-order valence-electron chi connectivity index (χ0n) is 22.5. The number of hydrogen-bond donors (Lipinski definition) is 1. The van der Waals surface area contributed by atoms with Gasteiger partial charge in [-0.05, 0) is 47.0 Å². The number of nitro groups is 1. The predicted octanol–water partition coefficient (Wildman–Crippen LogP) is 5.96. The molecular weight excluding hydrogens is 579 g/mol. The van der Waals surface area contributed by atoms with Gasteiger partial charge in [-0.25, -0.2) is 0 Å². The van der Waals surface area contributed by atoms with Crippen molar-refractivity contribution in [2.45, 2.75) is 12.8 Å². The number of carbonyl (C=O) groups excluding carboxylic acids is 1. The van der Waals surface area contributed by atoms with Gasteiger partial charge in [-0.3, -0.25) is 14.9 Å². The van der Waals surface area contributed by atoms with Crippen molar-refractivity contribution < 1.29 is 14.5 Å². The minimum Gasteiger partial charge on any atom is -0.378 e. The highest BCUT2D eigenvalue weighted by molar-refractivity contribution is 6.30. The van der Waals surface area contributed by atoms with Gasteiger partial charge in [-0.15, -0.1) is 12.4 Å². The fourth-order valence-corrected chi connectivity index (χ4v) is 4.41. The van der Waals surface area contributed by atoms with E-state index >= 15 is 0 Å². The molecule has 3 aromatic carbocycles. The molecular formula is C30H28Cl2N6O4. The second-order valence-electron chi connectivity index (χ2n) is 9.44. The Labute approximate surface area is 254 Å². The van der Waals surface area contributed by atoms with Gasteiger partial charge in [0.2, 0.25) is 11.9 Å². The first-order valence-corrected chi connectivity index (χ1v) is 13.4. The first kappa shape index (κ1) is 30.6. The normalized spacial score (nSPS) is 13.0. The molecule has 0 spiro atoms. The standard InChI is InChI=1S/C30H27ClN6O4.ClH/c31-24-9-4-22(5-10-24)19-27(38)20-23-6-11-25(12-7-23)32-29-33-28(34-30(35-29)36-14-16-41-17-15-36)13-8-21-2-1-3-26(18-21)37(39)40;/h1-13,18H,14-17,19-20H2,(H,32,33,34,35);1H/b13-8+;. The van der Waals surface area contributed by atoms with Crippen LogP contribution in [0.2, 0.25) is 5.02 Å². The maximum atomic E-state index is 12.6. The molecule has 0 unspecified atom stereocenters. The molecule has 1 aliphatic heterocycles. The molecule has 0 bridgehead atoms. The Kier molecular flexibility index (Phi) is 10.6. The van der Waals surface area contributed by atoms with E-state index in [9.17, 15) is 14.9 Å². The van der Waals surface area contributed by atoms with E-state index < -0.39 is 4.92 Å². The maximum absolute atomic E-state index is 12.6. The van der Waals surface area contributed by atoms with Crippen molar-refractivity contribution in [1.29, 1.82) is 0 Å². The molecule has 1 N–H and O–H groups in total. The van der Waals surface area contributed by atoms with Gasteiger partial charge < -0.3 is 15.0 Å². The number of nitrogens with one attached hydrogen (secondary N) is 1. The van der Waals surface area contributed by atoms with E-state index in [1.807, 2.05) is 41.3 Å². The van der Waals surface area contributed by atoms with Crippen molar-refractivity contribution in [3.05, 3.63) is 110 Å². The van der Waals surface area contributed by atoms with E-state index in [4.69, 9.17) is 16.3 Å². The number of Topliss-reactive ketones (excluding diaryl/α,β-unsaturated/α-hetero) is 1. The average molecular weight is 607 g/mol. The average Bonchev–Trinajstić information content (AvgIpc) is 2.99. The summed E-state index contributed by atoms with van der Waals surface area (Å²) in [6, 6.07) is 21.2. The molecule has 0 atom stereocenters. The molecule has 1 saturated heterocycles. The quantitative estimate of drug-likeness (QED) is 0.172. The van der Waals surface area contributed by atoms with Crippen LogP contribution in [-0.2, 0) is 22.4 Å². The lowest BCUT2D eigenvalue weighted by molar-refractivity contribution is -0.384. The van der Waals surface area contributed by atoms with Crippen LogP contribution >= 0.6 is 24.0 Å². The van der Waals surface area contributed by atoms with Crippen molar-refractivity contribution in [3.63, 3.8) is 0 Å². The molecule has 216 valence electrons. The predicted molar refractivity (Wildman–Crippen MR) is 166 cm³/mol. The summed E-state index contributed by atoms with van der Waals surface area (Å²) in [5.41, 5.74) is 3.25. The fraction of sp³-hybridized carbons (Fsp3) is 0.200. The van der Waals surface area contributed by atoms with Crippen molar-refractivity contribution in [2.75, 3.05) is 36.5 Å². The van der Waals surface area contributed by atoms with Crippen LogP contribution in [0.15, 0.2) is 72.8 Å². The summed E-state index contributed by atoms with van der Waals surface area (Å²) in [6.07, 6.45) is 4.09. The molecule has 42 heavy (non-hydrogen) atoms. The second-order valence-corrected chi connectivity index (χ2v) is 9.88. The van der Waals surface area contributed by atoms with Gasteiger partial charge in [0.15, 0.2) is 5.82 Å². The zero-order valence-corrected chi connectivity index (χ0v) is 24.1. The molecule has 12 heteroatoms. The summed E-state index contributed by atoms with van der Waals surface area (Å²) in [6.45, 7) is 2.45. The van der Waals surface area contributed by atoms with Gasteiger partial charge in [-0.1, -0.05) is 54.1 Å². The molecule has 1 aromatic heterocycles. The summed E-state index contributed by atoms with van der Waals surface area (Å²) in [5, 5.41) is 15.0. The number of anilines is 3. The van der Waals surface area contributed by atoms with Gasteiger partial charge in [0.1, 0.15) is 5.78 Å². The number of ketones is 1. The third-order valence-corrected chi connectivity index (χ3v) is 6.62. The summed E-state index contributed by atoms with van der Waals surface area (Å²) < 4.78 is 5.46. The summed E-state index contributed by atoms with van der Waals surface area (Å²) in [7, 11) is 0. The van der Waals surface area contributed by atoms with E-state index in [0.29, 0.717) is 67.5 Å². The first-order valence-electron chi connectivity index (χ1n) is 13.0. The Morgan fingerprint density at radius 3 is 2.29 bits per heavy atom. The van der Waals surface area contributed by atoms with Gasteiger partial charge in [0, 0.05) is 48.8 Å². The minimum atomic E-state index is -0.431. The Hall–Kier alpha value is -4.38. The lowest BCUT2D eigenvalue weighted by Crippen LogP contribution is -2.37. The molecule has 2 heterocycles. The zero-order chi connectivity index (χ0) is 28.6. The number of nitrogens with zero attached hydrogens (tertiary/aromatic N) is 5. The van der Waals surface area contributed by atoms with Crippen molar-refractivity contribution >= 4 is 65.2 Å². The highest BCUT2D eigenvalue weighted by Gasteiger charge is 2.16. The van der Waals surface area contributed by atoms with E-state index in [-0.39, 0.29) is 23.9 Å². The Morgan fingerprint density at radius 1 is 0.952 bits per heavy atom. The topological polar surface area (TPSA) is 123 Å². The van der Waals surface area contributed by atoms with Gasteiger partial charge in [-0.2, -0.15) is 15.0 Å². The molecule has 0 saturated carbocycles.